The summed E-state index contributed by atoms with van der Waals surface area (Å²) in [5.41, 5.74) is 2.42. The van der Waals surface area contributed by atoms with Gasteiger partial charge in [-0.15, -0.1) is 24.8 Å². The number of rotatable bonds is 7. The second-order valence-electron chi connectivity index (χ2n) is 5.45. The number of primary sulfonamides is 1. The van der Waals surface area contributed by atoms with E-state index in [9.17, 15) is 8.42 Å². The topological polar surface area (TPSA) is 72.2 Å². The Morgan fingerprint density at radius 2 is 1.58 bits per heavy atom. The summed E-state index contributed by atoms with van der Waals surface area (Å²) in [6.45, 7) is 3.97. The molecule has 0 saturated heterocycles. The van der Waals surface area contributed by atoms with E-state index in [2.05, 4.69) is 36.5 Å². The normalized spacial score (nSPS) is 11.9. The molecule has 0 fully saturated rings. The first-order chi connectivity index (χ1) is 10.5. The molecule has 0 aliphatic carbocycles. The van der Waals surface area contributed by atoms with Crippen molar-refractivity contribution in [3.63, 3.8) is 0 Å². The van der Waals surface area contributed by atoms with E-state index in [1.807, 2.05) is 18.2 Å². The van der Waals surface area contributed by atoms with Gasteiger partial charge in [-0.25, -0.2) is 13.6 Å². The maximum atomic E-state index is 11.2. The Morgan fingerprint density at radius 3 is 2.12 bits per heavy atom. The van der Waals surface area contributed by atoms with Gasteiger partial charge in [0.2, 0.25) is 10.0 Å². The monoisotopic (exact) mass is 390 g/mol. The summed E-state index contributed by atoms with van der Waals surface area (Å²) in [6, 6.07) is 17.1. The summed E-state index contributed by atoms with van der Waals surface area (Å²) in [6.07, 6.45) is 0.854. The largest absolute Gasteiger partial charge is 0.316 e. The van der Waals surface area contributed by atoms with Crippen molar-refractivity contribution >= 4 is 34.8 Å². The molecule has 4 nitrogen and oxygen atoms in total. The minimum atomic E-state index is -3.60. The summed E-state index contributed by atoms with van der Waals surface area (Å²) >= 11 is 0. The molecule has 24 heavy (non-hydrogen) atoms. The van der Waals surface area contributed by atoms with Crippen LogP contribution < -0.4 is 10.5 Å². The van der Waals surface area contributed by atoms with Crippen molar-refractivity contribution in [3.05, 3.63) is 65.7 Å². The summed E-state index contributed by atoms with van der Waals surface area (Å²) in [7, 11) is -3.60. The van der Waals surface area contributed by atoms with Gasteiger partial charge in [0, 0.05) is 6.54 Å². The van der Waals surface area contributed by atoms with Crippen molar-refractivity contribution in [3.8, 4) is 0 Å². The molecule has 3 N–H and O–H groups in total. The van der Waals surface area contributed by atoms with Crippen LogP contribution in [0.5, 0.6) is 0 Å². The molecule has 0 aromatic heterocycles. The average Bonchev–Trinajstić information content (AvgIpc) is 2.52. The van der Waals surface area contributed by atoms with Gasteiger partial charge in [-0.05, 0) is 42.1 Å². The summed E-state index contributed by atoms with van der Waals surface area (Å²) in [5.74, 6) is 0.464. The SMILES string of the molecule is CC(CNCCc1ccc(S(N)(=O)=O)cc1)c1ccccc1.Cl.Cl. The highest BCUT2D eigenvalue weighted by molar-refractivity contribution is 7.89. The zero-order valence-electron chi connectivity index (χ0n) is 13.5. The zero-order valence-corrected chi connectivity index (χ0v) is 16.0. The second kappa shape index (κ2) is 10.7. The molecule has 0 spiro atoms. The van der Waals surface area contributed by atoms with Crippen molar-refractivity contribution in [2.75, 3.05) is 13.1 Å². The number of benzene rings is 2. The van der Waals surface area contributed by atoms with E-state index < -0.39 is 10.0 Å². The third-order valence-electron chi connectivity index (χ3n) is 3.66. The average molecular weight is 391 g/mol. The maximum absolute atomic E-state index is 11.2. The molecule has 1 atom stereocenters. The van der Waals surface area contributed by atoms with E-state index in [4.69, 9.17) is 5.14 Å². The van der Waals surface area contributed by atoms with Gasteiger partial charge >= 0.3 is 0 Å². The third-order valence-corrected chi connectivity index (χ3v) is 4.59. The lowest BCUT2D eigenvalue weighted by Gasteiger charge is -2.13. The Labute approximate surface area is 156 Å². The molecule has 1 unspecified atom stereocenters. The molecule has 0 amide bonds. The van der Waals surface area contributed by atoms with Crippen LogP contribution in [0.1, 0.15) is 24.0 Å². The molecule has 0 aliphatic rings. The van der Waals surface area contributed by atoms with Crippen molar-refractivity contribution in [2.45, 2.75) is 24.2 Å². The van der Waals surface area contributed by atoms with Gasteiger partial charge in [-0.3, -0.25) is 0 Å². The van der Waals surface area contributed by atoms with Crippen LogP contribution in [0.4, 0.5) is 0 Å². The Balaban J connectivity index is 0.00000264. The van der Waals surface area contributed by atoms with Crippen LogP contribution in [0.15, 0.2) is 59.5 Å². The molecular formula is C17H24Cl2N2O2S. The fraction of sp³-hybridized carbons (Fsp3) is 0.294. The molecular weight excluding hydrogens is 367 g/mol. The van der Waals surface area contributed by atoms with Crippen LogP contribution in [0, 0.1) is 0 Å². The highest BCUT2D eigenvalue weighted by Crippen LogP contribution is 2.13. The minimum Gasteiger partial charge on any atom is -0.316 e. The minimum absolute atomic E-state index is 0. The first-order valence-electron chi connectivity index (χ1n) is 7.34. The molecule has 0 heterocycles. The van der Waals surface area contributed by atoms with Crippen LogP contribution in [0.25, 0.3) is 0 Å². The number of nitrogens with one attached hydrogen (secondary N) is 1. The Hall–Kier alpha value is -1.11. The molecule has 134 valence electrons. The first kappa shape index (κ1) is 22.9. The Kier molecular flexibility index (Phi) is 10.2. The highest BCUT2D eigenvalue weighted by atomic mass is 35.5. The highest BCUT2D eigenvalue weighted by Gasteiger charge is 2.07. The molecule has 2 rings (SSSR count). The summed E-state index contributed by atoms with van der Waals surface area (Å²) < 4.78 is 22.4. The van der Waals surface area contributed by atoms with Crippen LogP contribution in [-0.4, -0.2) is 21.5 Å². The quantitative estimate of drug-likeness (QED) is 0.713. The van der Waals surface area contributed by atoms with Crippen molar-refractivity contribution in [1.82, 2.24) is 5.32 Å². The van der Waals surface area contributed by atoms with E-state index in [1.165, 1.54) is 5.56 Å². The van der Waals surface area contributed by atoms with Gasteiger partial charge in [0.15, 0.2) is 0 Å². The lowest BCUT2D eigenvalue weighted by molar-refractivity contribution is 0.597. The van der Waals surface area contributed by atoms with Crippen molar-refractivity contribution < 1.29 is 8.42 Å². The van der Waals surface area contributed by atoms with E-state index in [-0.39, 0.29) is 29.7 Å². The maximum Gasteiger partial charge on any atom is 0.238 e. The molecule has 7 heteroatoms. The summed E-state index contributed by atoms with van der Waals surface area (Å²) in [5, 5.41) is 8.51. The van der Waals surface area contributed by atoms with E-state index >= 15 is 0 Å². The number of nitrogens with two attached hydrogens (primary N) is 1. The second-order valence-corrected chi connectivity index (χ2v) is 7.02. The molecule has 2 aromatic rings. The van der Waals surface area contributed by atoms with E-state index in [0.717, 1.165) is 25.1 Å². The van der Waals surface area contributed by atoms with Gasteiger partial charge < -0.3 is 5.32 Å². The fourth-order valence-electron chi connectivity index (χ4n) is 2.30. The van der Waals surface area contributed by atoms with Gasteiger partial charge in [-0.1, -0.05) is 49.4 Å². The summed E-state index contributed by atoms with van der Waals surface area (Å²) in [4.78, 5) is 0.155. The van der Waals surface area contributed by atoms with Gasteiger partial charge in [0.25, 0.3) is 0 Å². The van der Waals surface area contributed by atoms with Gasteiger partial charge in [0.05, 0.1) is 4.90 Å². The third kappa shape index (κ3) is 7.20. The number of sulfonamides is 1. The predicted molar refractivity (Wildman–Crippen MR) is 104 cm³/mol. The Bertz CT molecular complexity index is 692. The fourth-order valence-corrected chi connectivity index (χ4v) is 2.81. The number of halogens is 2. The van der Waals surface area contributed by atoms with Crippen LogP contribution in [-0.2, 0) is 16.4 Å². The predicted octanol–water partition coefficient (Wildman–Crippen LogP) is 3.11. The molecule has 0 aliphatic heterocycles. The molecule has 0 bridgehead atoms. The molecule has 0 radical (unpaired) electrons. The van der Waals surface area contributed by atoms with Crippen molar-refractivity contribution in [2.24, 2.45) is 5.14 Å². The smallest absolute Gasteiger partial charge is 0.238 e. The van der Waals surface area contributed by atoms with Crippen molar-refractivity contribution in [1.29, 1.82) is 0 Å². The first-order valence-corrected chi connectivity index (χ1v) is 8.89. The Morgan fingerprint density at radius 1 is 1.00 bits per heavy atom. The van der Waals surface area contributed by atoms with E-state index in [1.54, 1.807) is 12.1 Å². The molecule has 2 aromatic carbocycles. The standard InChI is InChI=1S/C17H22N2O2S.2ClH/c1-14(16-5-3-2-4-6-16)13-19-12-11-15-7-9-17(10-8-15)22(18,20)21;;/h2-10,14,19H,11-13H2,1H3,(H2,18,20,21);2*1H. The number of hydrogen-bond acceptors (Lipinski definition) is 3. The lowest BCUT2D eigenvalue weighted by atomic mass is 10.0. The zero-order chi connectivity index (χ0) is 16.0. The van der Waals surface area contributed by atoms with Gasteiger partial charge in [0.1, 0.15) is 0 Å². The van der Waals surface area contributed by atoms with Crippen LogP contribution >= 0.6 is 24.8 Å². The van der Waals surface area contributed by atoms with Crippen LogP contribution in [0.2, 0.25) is 0 Å². The van der Waals surface area contributed by atoms with E-state index in [0.29, 0.717) is 5.92 Å². The van der Waals surface area contributed by atoms with Crippen LogP contribution in [0.3, 0.4) is 0 Å². The number of hydrogen-bond donors (Lipinski definition) is 2. The van der Waals surface area contributed by atoms with Gasteiger partial charge in [-0.2, -0.15) is 0 Å². The molecule has 0 saturated carbocycles. The lowest BCUT2D eigenvalue weighted by Crippen LogP contribution is -2.22.